The fourth-order valence-electron chi connectivity index (χ4n) is 7.47. The average Bonchev–Trinajstić information content (AvgIpc) is 3.74. The zero-order valence-electron chi connectivity index (χ0n) is 33.4. The van der Waals surface area contributed by atoms with Crippen LogP contribution in [0.4, 0.5) is 11.5 Å². The van der Waals surface area contributed by atoms with E-state index >= 15 is 0 Å². The lowest BCUT2D eigenvalue weighted by Gasteiger charge is -2.35. The van der Waals surface area contributed by atoms with Crippen LogP contribution in [0.2, 0.25) is 0 Å². The molecule has 2 aliphatic rings. The number of hydrogen-bond donors (Lipinski definition) is 4. The maximum Gasteiger partial charge on any atom is 0.291 e. The molecular weight excluding hydrogens is 755 g/mol. The van der Waals surface area contributed by atoms with Gasteiger partial charge >= 0.3 is 0 Å². The number of aromatic nitrogens is 3. The molecule has 0 spiro atoms. The quantitative estimate of drug-likeness (QED) is 0.0792. The Morgan fingerprint density at radius 2 is 1.66 bits per heavy atom. The molecule has 3 aromatic carbocycles. The fraction of sp³-hybridized carbons (Fsp3) is 0.341. The van der Waals surface area contributed by atoms with Crippen LogP contribution < -0.4 is 25.4 Å². The SMILES string of the molecule is COc1cc2c(cc1OCCCC(=O)Nc1cn(C)c(C(=O)Nc3ccc(-c4cc(C(=O)NCC(C)(C)S)n(C)c4)cc3)n1)CC[C@@H]1Cc3ccccc3CN1C2=O. The van der Waals surface area contributed by atoms with Gasteiger partial charge in [-0.25, -0.2) is 4.98 Å². The number of aryl methyl sites for hydroxylation is 3. The minimum atomic E-state index is -0.438. The summed E-state index contributed by atoms with van der Waals surface area (Å²) < 4.78 is 14.7. The first-order chi connectivity index (χ1) is 27.8. The molecule has 0 fully saturated rings. The zero-order chi connectivity index (χ0) is 41.1. The fourth-order valence-corrected chi connectivity index (χ4v) is 7.55. The van der Waals surface area contributed by atoms with Crippen LogP contribution in [-0.4, -0.2) is 73.7 Å². The minimum absolute atomic E-state index is 0.00835. The van der Waals surface area contributed by atoms with Gasteiger partial charge in [-0.3, -0.25) is 19.2 Å². The number of ether oxygens (including phenoxy) is 2. The van der Waals surface area contributed by atoms with Gasteiger partial charge in [-0.05, 0) is 92.1 Å². The Hall–Kier alpha value is -6.02. The molecule has 4 amide bonds. The molecule has 0 unspecified atom stereocenters. The highest BCUT2D eigenvalue weighted by molar-refractivity contribution is 7.81. The molecule has 0 radical (unpaired) electrons. The van der Waals surface area contributed by atoms with Crippen molar-refractivity contribution in [2.75, 3.05) is 30.9 Å². The highest BCUT2D eigenvalue weighted by atomic mass is 32.1. The summed E-state index contributed by atoms with van der Waals surface area (Å²) in [7, 11) is 5.05. The van der Waals surface area contributed by atoms with Crippen molar-refractivity contribution in [2.45, 2.75) is 63.3 Å². The smallest absolute Gasteiger partial charge is 0.291 e. The molecule has 14 heteroatoms. The summed E-state index contributed by atoms with van der Waals surface area (Å²) in [6.45, 7) is 5.15. The normalized spacial score (nSPS) is 14.8. The number of fused-ring (bicyclic) bond motifs is 3. The highest BCUT2D eigenvalue weighted by Crippen LogP contribution is 2.37. The second kappa shape index (κ2) is 16.8. The van der Waals surface area contributed by atoms with Gasteiger partial charge in [0.05, 0.1) is 13.7 Å². The number of thiol groups is 1. The first kappa shape index (κ1) is 40.2. The molecular formula is C44H49N7O6S. The van der Waals surface area contributed by atoms with Gasteiger partial charge in [0, 0.05) is 73.6 Å². The summed E-state index contributed by atoms with van der Waals surface area (Å²) in [6, 6.07) is 21.3. The lowest BCUT2D eigenvalue weighted by atomic mass is 9.92. The number of carbonyl (C=O) groups excluding carboxylic acids is 4. The van der Waals surface area contributed by atoms with Gasteiger partial charge in [0.1, 0.15) is 5.69 Å². The summed E-state index contributed by atoms with van der Waals surface area (Å²) in [5.74, 6) is 0.515. The van der Waals surface area contributed by atoms with Crippen molar-refractivity contribution >= 4 is 47.8 Å². The number of nitrogens with one attached hydrogen (secondary N) is 3. The van der Waals surface area contributed by atoms with Crippen LogP contribution in [0.5, 0.6) is 11.5 Å². The number of anilines is 2. The molecule has 0 saturated heterocycles. The third kappa shape index (κ3) is 9.07. The van der Waals surface area contributed by atoms with Crippen molar-refractivity contribution in [3.63, 3.8) is 0 Å². The molecule has 302 valence electrons. The molecule has 1 atom stereocenters. The van der Waals surface area contributed by atoms with E-state index in [-0.39, 0.29) is 53.2 Å². The Bertz CT molecular complexity index is 2360. The molecule has 4 heterocycles. The van der Waals surface area contributed by atoms with Crippen LogP contribution in [0.25, 0.3) is 11.1 Å². The maximum absolute atomic E-state index is 13.7. The molecule has 5 aromatic rings. The van der Waals surface area contributed by atoms with Crippen LogP contribution in [0.3, 0.4) is 0 Å². The number of nitrogens with zero attached hydrogens (tertiary/aromatic N) is 4. The predicted molar refractivity (Wildman–Crippen MR) is 226 cm³/mol. The van der Waals surface area contributed by atoms with Gasteiger partial charge in [0.15, 0.2) is 17.3 Å². The van der Waals surface area contributed by atoms with E-state index in [1.54, 1.807) is 47.7 Å². The predicted octanol–water partition coefficient (Wildman–Crippen LogP) is 6.44. The molecule has 2 aromatic heterocycles. The summed E-state index contributed by atoms with van der Waals surface area (Å²) in [5, 5.41) is 8.55. The maximum atomic E-state index is 13.7. The Labute approximate surface area is 343 Å². The topological polar surface area (TPSA) is 149 Å². The van der Waals surface area contributed by atoms with E-state index in [1.165, 1.54) is 11.1 Å². The van der Waals surface area contributed by atoms with Crippen molar-refractivity contribution < 1.29 is 28.7 Å². The molecule has 7 rings (SSSR count). The minimum Gasteiger partial charge on any atom is -0.493 e. The second-order valence-electron chi connectivity index (χ2n) is 15.6. The lowest BCUT2D eigenvalue weighted by molar-refractivity contribution is -0.116. The molecule has 0 bridgehead atoms. The first-order valence-electron chi connectivity index (χ1n) is 19.4. The first-order valence-corrected chi connectivity index (χ1v) is 19.8. The lowest BCUT2D eigenvalue weighted by Crippen LogP contribution is -2.43. The third-order valence-electron chi connectivity index (χ3n) is 10.5. The van der Waals surface area contributed by atoms with Gasteiger partial charge in [0.2, 0.25) is 11.7 Å². The van der Waals surface area contributed by atoms with E-state index in [2.05, 4.69) is 51.8 Å². The average molecular weight is 804 g/mol. The molecule has 0 saturated carbocycles. The highest BCUT2D eigenvalue weighted by Gasteiger charge is 2.34. The van der Waals surface area contributed by atoms with E-state index in [0.29, 0.717) is 48.0 Å². The van der Waals surface area contributed by atoms with Crippen LogP contribution in [0.15, 0.2) is 79.1 Å². The number of imidazole rings is 1. The van der Waals surface area contributed by atoms with Gasteiger partial charge in [-0.2, -0.15) is 12.6 Å². The summed E-state index contributed by atoms with van der Waals surface area (Å²) in [4.78, 5) is 58.9. The van der Waals surface area contributed by atoms with Crippen LogP contribution in [0.1, 0.15) is 81.3 Å². The van der Waals surface area contributed by atoms with Crippen molar-refractivity contribution in [3.05, 3.63) is 113 Å². The number of methoxy groups -OCH3 is 1. The number of amides is 4. The van der Waals surface area contributed by atoms with Crippen molar-refractivity contribution in [3.8, 4) is 22.6 Å². The van der Waals surface area contributed by atoms with E-state index in [0.717, 1.165) is 36.0 Å². The van der Waals surface area contributed by atoms with Gasteiger partial charge in [0.25, 0.3) is 17.7 Å². The van der Waals surface area contributed by atoms with E-state index < -0.39 is 5.91 Å². The molecule has 0 aliphatic carbocycles. The number of rotatable bonds is 13. The van der Waals surface area contributed by atoms with Crippen molar-refractivity contribution in [1.29, 1.82) is 0 Å². The van der Waals surface area contributed by atoms with Gasteiger partial charge in [-0.15, -0.1) is 0 Å². The Morgan fingerprint density at radius 1 is 0.897 bits per heavy atom. The monoisotopic (exact) mass is 803 g/mol. The van der Waals surface area contributed by atoms with Crippen LogP contribution in [0, 0.1) is 0 Å². The van der Waals surface area contributed by atoms with Crippen molar-refractivity contribution in [1.82, 2.24) is 24.3 Å². The number of benzene rings is 3. The summed E-state index contributed by atoms with van der Waals surface area (Å²) >= 11 is 4.47. The second-order valence-corrected chi connectivity index (χ2v) is 16.8. The zero-order valence-corrected chi connectivity index (χ0v) is 34.3. The Kier molecular flexibility index (Phi) is 11.7. The molecule has 13 nitrogen and oxygen atoms in total. The molecule has 3 N–H and O–H groups in total. The van der Waals surface area contributed by atoms with Crippen LogP contribution >= 0.6 is 12.6 Å². The van der Waals surface area contributed by atoms with E-state index in [9.17, 15) is 19.2 Å². The van der Waals surface area contributed by atoms with Crippen LogP contribution in [-0.2, 0) is 38.3 Å². The van der Waals surface area contributed by atoms with Crippen molar-refractivity contribution in [2.24, 2.45) is 14.1 Å². The van der Waals surface area contributed by atoms with Gasteiger partial charge < -0.3 is 39.5 Å². The molecule has 2 aliphatic heterocycles. The largest absolute Gasteiger partial charge is 0.493 e. The van der Waals surface area contributed by atoms with E-state index in [1.807, 2.05) is 62.3 Å². The Morgan fingerprint density at radius 3 is 2.40 bits per heavy atom. The molecule has 58 heavy (non-hydrogen) atoms. The summed E-state index contributed by atoms with van der Waals surface area (Å²) in [5.41, 5.74) is 6.90. The summed E-state index contributed by atoms with van der Waals surface area (Å²) in [6.07, 6.45) is 6.49. The third-order valence-corrected chi connectivity index (χ3v) is 10.7. The van der Waals surface area contributed by atoms with E-state index in [4.69, 9.17) is 9.47 Å². The van der Waals surface area contributed by atoms with Gasteiger partial charge in [-0.1, -0.05) is 36.4 Å². The standard InChI is InChI=1S/C44H49N7O6S/c1-44(2,58)26-45-41(53)35-20-31(23-49(35)3)27-12-15-32(16-13-27)46-42(54)40-48-38(25-50(40)4)47-39(52)11-8-18-57-37-21-29-14-17-33-19-28-9-6-7-10-30(28)24-51(33)43(55)34(29)22-36(37)56-5/h6-7,9-10,12-13,15-16,20-23,25,33,58H,8,11,14,17-19,24,26H2,1-5H3,(H,45,53)(H,46,54)(H,47,52)/t33-/m1/s1. The number of carbonyl (C=O) groups is 4. The Balaban J connectivity index is 0.895. The number of hydrogen-bond acceptors (Lipinski definition) is 8.